The van der Waals surface area contributed by atoms with Crippen LogP contribution in [0.5, 0.6) is 5.75 Å². The number of halogens is 1. The number of hydrogen-bond donors (Lipinski definition) is 1. The van der Waals surface area contributed by atoms with Crippen molar-refractivity contribution in [2.75, 3.05) is 7.11 Å². The summed E-state index contributed by atoms with van der Waals surface area (Å²) in [5.41, 5.74) is 3.93. The molecule has 2 aromatic carbocycles. The zero-order valence-electron chi connectivity index (χ0n) is 13.7. The summed E-state index contributed by atoms with van der Waals surface area (Å²) in [6, 6.07) is 10.4. The van der Waals surface area contributed by atoms with E-state index in [1.807, 2.05) is 32.0 Å². The summed E-state index contributed by atoms with van der Waals surface area (Å²) in [4.78, 5) is 16.5. The second kappa shape index (κ2) is 6.28. The Hall–Kier alpha value is -2.95. The molecule has 0 saturated carbocycles. The number of amides is 1. The van der Waals surface area contributed by atoms with Gasteiger partial charge in [0.25, 0.3) is 5.91 Å². The number of aryl methyl sites for hydroxylation is 2. The van der Waals surface area contributed by atoms with Gasteiger partial charge in [0.1, 0.15) is 11.5 Å². The van der Waals surface area contributed by atoms with Crippen molar-refractivity contribution in [3.8, 4) is 5.75 Å². The second-order valence-corrected chi connectivity index (χ2v) is 5.64. The van der Waals surface area contributed by atoms with E-state index in [4.69, 9.17) is 4.74 Å². The molecule has 1 aliphatic heterocycles. The van der Waals surface area contributed by atoms with E-state index in [0.717, 1.165) is 11.1 Å². The van der Waals surface area contributed by atoms with Crippen LogP contribution in [0.2, 0.25) is 0 Å². The Balaban J connectivity index is 1.93. The smallest absolute Gasteiger partial charge is 0.275 e. The molecule has 3 rings (SSSR count). The first-order chi connectivity index (χ1) is 11.5. The summed E-state index contributed by atoms with van der Waals surface area (Å²) in [6.45, 7) is 4.03. The van der Waals surface area contributed by atoms with Crippen LogP contribution in [0.3, 0.4) is 0 Å². The summed E-state index contributed by atoms with van der Waals surface area (Å²) in [5.74, 6) is -0.126. The van der Waals surface area contributed by atoms with Crippen molar-refractivity contribution in [3.63, 3.8) is 0 Å². The van der Waals surface area contributed by atoms with Crippen molar-refractivity contribution in [1.82, 2.24) is 5.32 Å². The van der Waals surface area contributed by atoms with E-state index < -0.39 is 5.82 Å². The molecule has 122 valence electrons. The average molecular weight is 324 g/mol. The number of nitrogens with one attached hydrogen (secondary N) is 1. The number of ether oxygens (including phenoxy) is 1. The van der Waals surface area contributed by atoms with Crippen molar-refractivity contribution in [2.45, 2.75) is 13.8 Å². The Morgan fingerprint density at radius 1 is 1.12 bits per heavy atom. The van der Waals surface area contributed by atoms with Crippen molar-refractivity contribution >= 4 is 17.8 Å². The molecule has 0 spiro atoms. The second-order valence-electron chi connectivity index (χ2n) is 5.64. The molecule has 5 heteroatoms. The molecule has 0 aliphatic carbocycles. The molecule has 0 saturated heterocycles. The van der Waals surface area contributed by atoms with Crippen molar-refractivity contribution < 1.29 is 13.9 Å². The predicted octanol–water partition coefficient (Wildman–Crippen LogP) is 3.37. The molecule has 0 radical (unpaired) electrons. The topological polar surface area (TPSA) is 50.7 Å². The first-order valence-corrected chi connectivity index (χ1v) is 7.51. The van der Waals surface area contributed by atoms with Crippen LogP contribution in [0.25, 0.3) is 6.08 Å². The van der Waals surface area contributed by atoms with Crippen molar-refractivity contribution in [1.29, 1.82) is 0 Å². The number of carbonyl (C=O) groups is 1. The third-order valence-electron chi connectivity index (χ3n) is 3.96. The zero-order valence-corrected chi connectivity index (χ0v) is 13.7. The van der Waals surface area contributed by atoms with Crippen LogP contribution in [0.4, 0.5) is 4.39 Å². The minimum absolute atomic E-state index is 0.160. The summed E-state index contributed by atoms with van der Waals surface area (Å²) in [6.07, 6.45) is 1.55. The highest BCUT2D eigenvalue weighted by Crippen LogP contribution is 2.21. The number of nitrogens with zero attached hydrogens (tertiary/aromatic N) is 1. The molecule has 0 bridgehead atoms. The lowest BCUT2D eigenvalue weighted by molar-refractivity contribution is -0.115. The summed E-state index contributed by atoms with van der Waals surface area (Å²) >= 11 is 0. The fraction of sp³-hybridized carbons (Fsp3) is 0.158. The molecular formula is C19H17FN2O2. The monoisotopic (exact) mass is 324 g/mol. The molecule has 0 aromatic heterocycles. The van der Waals surface area contributed by atoms with Gasteiger partial charge in [-0.1, -0.05) is 18.2 Å². The van der Waals surface area contributed by atoms with Crippen molar-refractivity contribution in [2.24, 2.45) is 4.99 Å². The molecule has 1 amide bonds. The number of aliphatic imine (C=N–C) groups is 1. The Bertz CT molecular complexity index is 885. The maximum Gasteiger partial charge on any atom is 0.275 e. The highest BCUT2D eigenvalue weighted by atomic mass is 19.1. The largest absolute Gasteiger partial charge is 0.494 e. The molecule has 1 N–H and O–H groups in total. The van der Waals surface area contributed by atoms with Crippen LogP contribution in [0, 0.1) is 19.7 Å². The van der Waals surface area contributed by atoms with Crippen LogP contribution < -0.4 is 10.1 Å². The first kappa shape index (κ1) is 15.9. The number of carbonyl (C=O) groups excluding carboxylic acids is 1. The molecule has 0 atom stereocenters. The Labute approximate surface area is 139 Å². The minimum Gasteiger partial charge on any atom is -0.494 e. The zero-order chi connectivity index (χ0) is 17.3. The van der Waals surface area contributed by atoms with Crippen LogP contribution in [0.15, 0.2) is 47.1 Å². The predicted molar refractivity (Wildman–Crippen MR) is 91.5 cm³/mol. The molecule has 1 aliphatic rings. The van der Waals surface area contributed by atoms with E-state index in [-0.39, 0.29) is 17.4 Å². The van der Waals surface area contributed by atoms with Gasteiger partial charge in [0.2, 0.25) is 0 Å². The third-order valence-corrected chi connectivity index (χ3v) is 3.96. The highest BCUT2D eigenvalue weighted by Gasteiger charge is 2.21. The van der Waals surface area contributed by atoms with Gasteiger partial charge in [0.15, 0.2) is 11.6 Å². The SMILES string of the molecule is COc1ccc(/C=C2/N=C(c3ccc(C)c(C)c3)NC2=O)cc1F. The Morgan fingerprint density at radius 3 is 2.58 bits per heavy atom. The van der Waals surface area contributed by atoms with Gasteiger partial charge in [-0.3, -0.25) is 4.79 Å². The molecule has 2 aromatic rings. The quantitative estimate of drug-likeness (QED) is 0.880. The van der Waals surface area contributed by atoms with Gasteiger partial charge >= 0.3 is 0 Å². The molecule has 0 unspecified atom stereocenters. The number of rotatable bonds is 3. The van der Waals surface area contributed by atoms with Gasteiger partial charge in [-0.15, -0.1) is 0 Å². The van der Waals surface area contributed by atoms with E-state index in [1.165, 1.54) is 24.8 Å². The molecule has 1 heterocycles. The normalized spacial score (nSPS) is 15.4. The van der Waals surface area contributed by atoms with Gasteiger partial charge in [0.05, 0.1) is 7.11 Å². The number of amidine groups is 1. The van der Waals surface area contributed by atoms with Crippen LogP contribution in [-0.4, -0.2) is 18.9 Å². The lowest BCUT2D eigenvalue weighted by atomic mass is 10.1. The van der Waals surface area contributed by atoms with Gasteiger partial charge < -0.3 is 10.1 Å². The fourth-order valence-corrected chi connectivity index (χ4v) is 2.42. The molecular weight excluding hydrogens is 307 g/mol. The number of hydrogen-bond acceptors (Lipinski definition) is 3. The number of benzene rings is 2. The van der Waals surface area contributed by atoms with Gasteiger partial charge in [0, 0.05) is 5.56 Å². The van der Waals surface area contributed by atoms with Crippen LogP contribution >= 0.6 is 0 Å². The number of methoxy groups -OCH3 is 1. The maximum atomic E-state index is 13.8. The minimum atomic E-state index is -0.483. The van der Waals surface area contributed by atoms with Crippen LogP contribution in [0.1, 0.15) is 22.3 Å². The van der Waals surface area contributed by atoms with E-state index >= 15 is 0 Å². The van der Waals surface area contributed by atoms with Crippen molar-refractivity contribution in [3.05, 3.63) is 70.2 Å². The van der Waals surface area contributed by atoms with Gasteiger partial charge in [-0.05, 0) is 54.8 Å². The summed E-state index contributed by atoms with van der Waals surface area (Å²) < 4.78 is 18.6. The van der Waals surface area contributed by atoms with E-state index in [1.54, 1.807) is 12.1 Å². The maximum absolute atomic E-state index is 13.8. The summed E-state index contributed by atoms with van der Waals surface area (Å²) in [5, 5.41) is 2.75. The summed E-state index contributed by atoms with van der Waals surface area (Å²) in [7, 11) is 1.40. The van der Waals surface area contributed by atoms with Gasteiger partial charge in [-0.25, -0.2) is 9.38 Å². The average Bonchev–Trinajstić information content (AvgIpc) is 2.91. The standard InChI is InChI=1S/C19H17FN2O2/c1-11-4-6-14(8-12(11)2)18-21-16(19(23)22-18)10-13-5-7-17(24-3)15(20)9-13/h4-10H,1-3H3,(H,21,22,23)/b16-10+. The third kappa shape index (κ3) is 3.06. The Morgan fingerprint density at radius 2 is 1.92 bits per heavy atom. The first-order valence-electron chi connectivity index (χ1n) is 7.51. The highest BCUT2D eigenvalue weighted by molar-refractivity contribution is 6.19. The van der Waals surface area contributed by atoms with Crippen LogP contribution in [-0.2, 0) is 4.79 Å². The fourth-order valence-electron chi connectivity index (χ4n) is 2.42. The molecule has 4 nitrogen and oxygen atoms in total. The van der Waals surface area contributed by atoms with E-state index in [2.05, 4.69) is 10.3 Å². The lowest BCUT2D eigenvalue weighted by Gasteiger charge is -2.04. The Kier molecular flexibility index (Phi) is 4.16. The van der Waals surface area contributed by atoms with E-state index in [9.17, 15) is 9.18 Å². The van der Waals surface area contributed by atoms with Gasteiger partial charge in [-0.2, -0.15) is 0 Å². The van der Waals surface area contributed by atoms with E-state index in [0.29, 0.717) is 11.4 Å². The molecule has 24 heavy (non-hydrogen) atoms. The molecule has 0 fully saturated rings. The lowest BCUT2D eigenvalue weighted by Crippen LogP contribution is -2.24.